The SMILES string of the molecule is CCn1cnnc1-c1cccc(NC(=O)C(N)COC)c1.Cl.Cl. The maximum Gasteiger partial charge on any atom is 0.243 e. The molecule has 0 aliphatic carbocycles. The molecule has 0 aliphatic rings. The van der Waals surface area contributed by atoms with Gasteiger partial charge >= 0.3 is 0 Å². The highest BCUT2D eigenvalue weighted by Crippen LogP contribution is 2.20. The maximum absolute atomic E-state index is 11.9. The van der Waals surface area contributed by atoms with E-state index in [2.05, 4.69) is 15.5 Å². The molecule has 0 radical (unpaired) electrons. The van der Waals surface area contributed by atoms with Crippen molar-refractivity contribution in [2.45, 2.75) is 19.5 Å². The van der Waals surface area contributed by atoms with Gasteiger partial charge in [-0.1, -0.05) is 12.1 Å². The van der Waals surface area contributed by atoms with Crippen LogP contribution >= 0.6 is 24.8 Å². The number of amides is 1. The monoisotopic (exact) mass is 361 g/mol. The Morgan fingerprint density at radius 2 is 2.17 bits per heavy atom. The van der Waals surface area contributed by atoms with Crippen LogP contribution in [0.15, 0.2) is 30.6 Å². The van der Waals surface area contributed by atoms with E-state index < -0.39 is 6.04 Å². The summed E-state index contributed by atoms with van der Waals surface area (Å²) in [5, 5.41) is 10.8. The Morgan fingerprint density at radius 3 is 2.83 bits per heavy atom. The molecule has 1 aromatic carbocycles. The van der Waals surface area contributed by atoms with Crippen LogP contribution in [0, 0.1) is 0 Å². The number of aryl methyl sites for hydroxylation is 1. The molecule has 0 spiro atoms. The highest BCUT2D eigenvalue weighted by molar-refractivity contribution is 5.95. The fourth-order valence-corrected chi connectivity index (χ4v) is 1.94. The molecule has 1 unspecified atom stereocenters. The van der Waals surface area contributed by atoms with E-state index in [4.69, 9.17) is 10.5 Å². The number of hydrogen-bond donors (Lipinski definition) is 2. The highest BCUT2D eigenvalue weighted by atomic mass is 35.5. The van der Waals surface area contributed by atoms with Crippen molar-refractivity contribution in [2.75, 3.05) is 19.0 Å². The van der Waals surface area contributed by atoms with Crippen LogP contribution in [0.25, 0.3) is 11.4 Å². The molecule has 1 amide bonds. The average molecular weight is 362 g/mol. The smallest absolute Gasteiger partial charge is 0.243 e. The molecule has 0 saturated carbocycles. The van der Waals surface area contributed by atoms with Crippen molar-refractivity contribution in [2.24, 2.45) is 5.73 Å². The molecule has 23 heavy (non-hydrogen) atoms. The van der Waals surface area contributed by atoms with Crippen LogP contribution in [0.2, 0.25) is 0 Å². The molecule has 3 N–H and O–H groups in total. The van der Waals surface area contributed by atoms with Crippen molar-refractivity contribution >= 4 is 36.4 Å². The van der Waals surface area contributed by atoms with E-state index in [1.807, 2.05) is 29.7 Å². The molecule has 7 nitrogen and oxygen atoms in total. The topological polar surface area (TPSA) is 95.1 Å². The lowest BCUT2D eigenvalue weighted by molar-refractivity contribution is -0.118. The van der Waals surface area contributed by atoms with E-state index in [1.165, 1.54) is 7.11 Å². The van der Waals surface area contributed by atoms with Crippen LogP contribution in [-0.2, 0) is 16.1 Å². The van der Waals surface area contributed by atoms with Gasteiger partial charge in [0.05, 0.1) is 6.61 Å². The number of nitrogens with two attached hydrogens (primary N) is 1. The molecular formula is C14H21Cl2N5O2. The summed E-state index contributed by atoms with van der Waals surface area (Å²) in [5.74, 6) is 0.473. The van der Waals surface area contributed by atoms with Gasteiger partial charge < -0.3 is 20.4 Å². The van der Waals surface area contributed by atoms with E-state index in [-0.39, 0.29) is 37.3 Å². The summed E-state index contributed by atoms with van der Waals surface area (Å²) in [5.41, 5.74) is 7.23. The summed E-state index contributed by atoms with van der Waals surface area (Å²) in [7, 11) is 1.51. The number of ether oxygens (including phenoxy) is 1. The zero-order valence-corrected chi connectivity index (χ0v) is 14.6. The normalized spacial score (nSPS) is 11.1. The van der Waals surface area contributed by atoms with E-state index in [0.29, 0.717) is 5.69 Å². The lowest BCUT2D eigenvalue weighted by Gasteiger charge is -2.12. The van der Waals surface area contributed by atoms with E-state index in [0.717, 1.165) is 17.9 Å². The van der Waals surface area contributed by atoms with Gasteiger partial charge in [-0.15, -0.1) is 35.0 Å². The van der Waals surface area contributed by atoms with Gasteiger partial charge in [0.15, 0.2) is 5.82 Å². The molecule has 0 fully saturated rings. The van der Waals surface area contributed by atoms with Crippen molar-refractivity contribution in [3.8, 4) is 11.4 Å². The summed E-state index contributed by atoms with van der Waals surface area (Å²) in [6.07, 6.45) is 1.68. The molecule has 0 bridgehead atoms. The molecule has 1 aromatic heterocycles. The van der Waals surface area contributed by atoms with Gasteiger partial charge in [-0.05, 0) is 19.1 Å². The summed E-state index contributed by atoms with van der Waals surface area (Å²) in [6, 6.07) is 6.71. The number of hydrogen-bond acceptors (Lipinski definition) is 5. The van der Waals surface area contributed by atoms with Crippen LogP contribution in [0.3, 0.4) is 0 Å². The number of rotatable bonds is 6. The van der Waals surface area contributed by atoms with Gasteiger partial charge in [0.2, 0.25) is 5.91 Å². The lowest BCUT2D eigenvalue weighted by atomic mass is 10.2. The first kappa shape index (κ1) is 21.3. The Kier molecular flexibility index (Phi) is 9.43. The number of carbonyl (C=O) groups excluding carboxylic acids is 1. The first-order valence-electron chi connectivity index (χ1n) is 6.69. The second-order valence-corrected chi connectivity index (χ2v) is 4.57. The predicted molar refractivity (Wildman–Crippen MR) is 94.1 cm³/mol. The summed E-state index contributed by atoms with van der Waals surface area (Å²) in [4.78, 5) is 11.9. The minimum atomic E-state index is -0.696. The van der Waals surface area contributed by atoms with Crippen molar-refractivity contribution in [1.29, 1.82) is 0 Å². The number of nitrogens with one attached hydrogen (secondary N) is 1. The fraction of sp³-hybridized carbons (Fsp3) is 0.357. The van der Waals surface area contributed by atoms with Crippen LogP contribution < -0.4 is 11.1 Å². The molecule has 0 aliphatic heterocycles. The number of anilines is 1. The second-order valence-electron chi connectivity index (χ2n) is 4.57. The van der Waals surface area contributed by atoms with Gasteiger partial charge in [-0.2, -0.15) is 0 Å². The average Bonchev–Trinajstić information content (AvgIpc) is 2.96. The molecule has 2 aromatic rings. The quantitative estimate of drug-likeness (QED) is 0.816. The van der Waals surface area contributed by atoms with Gasteiger partial charge in [0, 0.05) is 24.9 Å². The Morgan fingerprint density at radius 1 is 1.43 bits per heavy atom. The Bertz CT molecular complexity index is 621. The number of halogens is 2. The number of methoxy groups -OCH3 is 1. The third-order valence-corrected chi connectivity index (χ3v) is 3.03. The zero-order valence-electron chi connectivity index (χ0n) is 12.9. The molecule has 128 valence electrons. The standard InChI is InChI=1S/C14H19N5O2.2ClH/c1-3-19-9-16-18-13(19)10-5-4-6-11(7-10)17-14(20)12(15)8-21-2;;/h4-7,9,12H,3,8,15H2,1-2H3,(H,17,20);2*1H. The Balaban J connectivity index is 0.00000242. The zero-order chi connectivity index (χ0) is 15.2. The number of benzene rings is 1. The van der Waals surface area contributed by atoms with Crippen LogP contribution in [0.5, 0.6) is 0 Å². The largest absolute Gasteiger partial charge is 0.383 e. The van der Waals surface area contributed by atoms with Crippen LogP contribution in [0.4, 0.5) is 5.69 Å². The summed E-state index contributed by atoms with van der Waals surface area (Å²) < 4.78 is 6.80. The van der Waals surface area contributed by atoms with Gasteiger partial charge in [-0.25, -0.2) is 0 Å². The Hall–Kier alpha value is -1.67. The minimum absolute atomic E-state index is 0. The number of aromatic nitrogens is 3. The second kappa shape index (κ2) is 10.2. The third-order valence-electron chi connectivity index (χ3n) is 3.03. The summed E-state index contributed by atoms with van der Waals surface area (Å²) in [6.45, 7) is 2.97. The van der Waals surface area contributed by atoms with Crippen molar-refractivity contribution in [3.05, 3.63) is 30.6 Å². The number of carbonyl (C=O) groups is 1. The van der Waals surface area contributed by atoms with E-state index in [1.54, 1.807) is 12.4 Å². The lowest BCUT2D eigenvalue weighted by Crippen LogP contribution is -2.39. The third kappa shape index (κ3) is 5.47. The first-order valence-corrected chi connectivity index (χ1v) is 6.69. The van der Waals surface area contributed by atoms with Crippen molar-refractivity contribution in [3.63, 3.8) is 0 Å². The van der Waals surface area contributed by atoms with Gasteiger partial charge in [0.1, 0.15) is 12.4 Å². The highest BCUT2D eigenvalue weighted by Gasteiger charge is 2.14. The minimum Gasteiger partial charge on any atom is -0.383 e. The van der Waals surface area contributed by atoms with Gasteiger partial charge in [0.25, 0.3) is 0 Å². The predicted octanol–water partition coefficient (Wildman–Crippen LogP) is 1.72. The molecule has 1 atom stereocenters. The summed E-state index contributed by atoms with van der Waals surface area (Å²) >= 11 is 0. The molecule has 1 heterocycles. The Labute approximate surface area is 147 Å². The molecule has 2 rings (SSSR count). The maximum atomic E-state index is 11.9. The van der Waals surface area contributed by atoms with Crippen molar-refractivity contribution < 1.29 is 9.53 Å². The van der Waals surface area contributed by atoms with Crippen molar-refractivity contribution in [1.82, 2.24) is 14.8 Å². The van der Waals surface area contributed by atoms with Crippen LogP contribution in [0.1, 0.15) is 6.92 Å². The van der Waals surface area contributed by atoms with E-state index >= 15 is 0 Å². The van der Waals surface area contributed by atoms with E-state index in [9.17, 15) is 4.79 Å². The fourth-order valence-electron chi connectivity index (χ4n) is 1.94. The molecular weight excluding hydrogens is 341 g/mol. The molecule has 0 saturated heterocycles. The van der Waals surface area contributed by atoms with Gasteiger partial charge in [-0.3, -0.25) is 4.79 Å². The number of nitrogens with zero attached hydrogens (tertiary/aromatic N) is 3. The van der Waals surface area contributed by atoms with Crippen LogP contribution in [-0.4, -0.2) is 40.4 Å². The molecule has 9 heteroatoms. The first-order chi connectivity index (χ1) is 10.2.